The van der Waals surface area contributed by atoms with Gasteiger partial charge < -0.3 is 19.7 Å². The molecule has 0 heterocycles. The summed E-state index contributed by atoms with van der Waals surface area (Å²) in [5, 5.41) is 3.56. The average Bonchev–Trinajstić information content (AvgIpc) is 3.05. The van der Waals surface area contributed by atoms with Gasteiger partial charge in [0.25, 0.3) is 10.0 Å². The highest BCUT2D eigenvalue weighted by Crippen LogP contribution is 2.33. The quantitative estimate of drug-likeness (QED) is 0.158. The number of halogens is 2. The van der Waals surface area contributed by atoms with Gasteiger partial charge in [-0.05, 0) is 79.4 Å². The fourth-order valence-electron chi connectivity index (χ4n) is 5.41. The molecule has 0 saturated heterocycles. The van der Waals surface area contributed by atoms with Crippen LogP contribution < -0.4 is 19.1 Å². The van der Waals surface area contributed by atoms with E-state index in [4.69, 9.17) is 32.7 Å². The van der Waals surface area contributed by atoms with Crippen LogP contribution in [-0.2, 0) is 32.6 Å². The molecule has 0 bridgehead atoms. The number of likely N-dealkylation sites (N-methyl/N-ethyl adjacent to an activating group) is 1. The number of methoxy groups -OCH3 is 2. The molecular formula is C36H39Cl2N3O6S. The Morgan fingerprint density at radius 2 is 1.52 bits per heavy atom. The molecule has 48 heavy (non-hydrogen) atoms. The molecule has 0 radical (unpaired) electrons. The lowest BCUT2D eigenvalue weighted by molar-refractivity contribution is -0.140. The van der Waals surface area contributed by atoms with Crippen molar-refractivity contribution in [2.24, 2.45) is 0 Å². The second-order valence-electron chi connectivity index (χ2n) is 11.2. The Bertz CT molecular complexity index is 1850. The smallest absolute Gasteiger partial charge is 0.264 e. The lowest BCUT2D eigenvalue weighted by atomic mass is 10.0. The number of ether oxygens (including phenoxy) is 2. The molecule has 4 rings (SSSR count). The van der Waals surface area contributed by atoms with E-state index in [1.54, 1.807) is 37.3 Å². The van der Waals surface area contributed by atoms with E-state index in [-0.39, 0.29) is 35.2 Å². The van der Waals surface area contributed by atoms with Crippen molar-refractivity contribution in [2.75, 3.05) is 31.6 Å². The third-order valence-corrected chi connectivity index (χ3v) is 10.1. The molecule has 254 valence electrons. The maximum Gasteiger partial charge on any atom is 0.264 e. The van der Waals surface area contributed by atoms with Gasteiger partial charge in [0, 0.05) is 35.6 Å². The van der Waals surface area contributed by atoms with Crippen molar-refractivity contribution < 1.29 is 27.5 Å². The molecule has 1 atom stereocenters. The summed E-state index contributed by atoms with van der Waals surface area (Å²) in [6, 6.07) is 22.7. The minimum Gasteiger partial charge on any atom is -0.493 e. The van der Waals surface area contributed by atoms with Gasteiger partial charge in [-0.3, -0.25) is 13.9 Å². The standard InChI is InChI=1S/C36H39Cl2N3O6S/c1-6-39-36(43)32(19-26-10-8-7-9-11-26)40(22-27-12-13-28(37)20-31(27)38)35(42)23-41(29-17-24(2)16-25(3)18-29)48(44,45)30-14-15-33(46-4)34(21-30)47-5/h7-18,20-21,32H,6,19,22-23H2,1-5H3,(H,39,43)/t32-/m0/s1. The minimum atomic E-state index is -4.37. The number of benzene rings is 4. The Balaban J connectivity index is 1.86. The molecule has 4 aromatic carbocycles. The fourth-order valence-corrected chi connectivity index (χ4v) is 7.29. The van der Waals surface area contributed by atoms with Crippen molar-refractivity contribution in [3.63, 3.8) is 0 Å². The fraction of sp³-hybridized carbons (Fsp3) is 0.278. The number of hydrogen-bond donors (Lipinski definition) is 1. The zero-order valence-corrected chi connectivity index (χ0v) is 29.8. The number of nitrogens with one attached hydrogen (secondary N) is 1. The molecule has 1 N–H and O–H groups in total. The van der Waals surface area contributed by atoms with Gasteiger partial charge in [0.15, 0.2) is 11.5 Å². The third kappa shape index (κ3) is 8.80. The molecule has 0 aliphatic carbocycles. The van der Waals surface area contributed by atoms with Crippen LogP contribution in [0.3, 0.4) is 0 Å². The third-order valence-electron chi connectivity index (χ3n) is 7.69. The first kappa shape index (κ1) is 36.6. The van der Waals surface area contributed by atoms with Crippen LogP contribution in [0.25, 0.3) is 0 Å². The van der Waals surface area contributed by atoms with E-state index in [9.17, 15) is 18.0 Å². The predicted molar refractivity (Wildman–Crippen MR) is 190 cm³/mol. The molecule has 0 saturated carbocycles. The maximum atomic E-state index is 14.6. The van der Waals surface area contributed by atoms with Crippen LogP contribution in [0.2, 0.25) is 10.0 Å². The highest BCUT2D eigenvalue weighted by atomic mass is 35.5. The first-order chi connectivity index (χ1) is 22.9. The van der Waals surface area contributed by atoms with Crippen LogP contribution in [0.4, 0.5) is 5.69 Å². The molecule has 0 spiro atoms. The van der Waals surface area contributed by atoms with Crippen LogP contribution in [-0.4, -0.2) is 58.5 Å². The summed E-state index contributed by atoms with van der Waals surface area (Å²) >= 11 is 12.7. The molecular weight excluding hydrogens is 673 g/mol. The van der Waals surface area contributed by atoms with Gasteiger partial charge in [0.05, 0.1) is 24.8 Å². The van der Waals surface area contributed by atoms with Crippen LogP contribution >= 0.6 is 23.2 Å². The van der Waals surface area contributed by atoms with E-state index in [1.165, 1.54) is 37.3 Å². The highest BCUT2D eigenvalue weighted by Gasteiger charge is 2.35. The number of carbonyl (C=O) groups is 2. The predicted octanol–water partition coefficient (Wildman–Crippen LogP) is 6.60. The van der Waals surface area contributed by atoms with Crippen LogP contribution in [0.15, 0.2) is 89.8 Å². The average molecular weight is 713 g/mol. The van der Waals surface area contributed by atoms with Crippen molar-refractivity contribution in [1.82, 2.24) is 10.2 Å². The lowest BCUT2D eigenvalue weighted by Gasteiger charge is -2.34. The van der Waals surface area contributed by atoms with Gasteiger partial charge in [-0.2, -0.15) is 0 Å². The molecule has 2 amide bonds. The van der Waals surface area contributed by atoms with E-state index in [0.717, 1.165) is 21.0 Å². The second-order valence-corrected chi connectivity index (χ2v) is 13.9. The number of amides is 2. The Hall–Kier alpha value is -4.25. The van der Waals surface area contributed by atoms with Crippen molar-refractivity contribution in [3.05, 3.63) is 117 Å². The summed E-state index contributed by atoms with van der Waals surface area (Å²) in [6.45, 7) is 5.11. The van der Waals surface area contributed by atoms with Gasteiger partial charge in [-0.25, -0.2) is 8.42 Å². The molecule has 12 heteroatoms. The molecule has 0 aliphatic heterocycles. The van der Waals surface area contributed by atoms with Crippen molar-refractivity contribution in [3.8, 4) is 11.5 Å². The first-order valence-electron chi connectivity index (χ1n) is 15.3. The second kappa shape index (κ2) is 16.2. The Kier molecular flexibility index (Phi) is 12.4. The Labute approximate surface area is 292 Å². The molecule has 0 unspecified atom stereocenters. The van der Waals surface area contributed by atoms with Crippen LogP contribution in [0.1, 0.15) is 29.2 Å². The zero-order chi connectivity index (χ0) is 35.0. The Morgan fingerprint density at radius 1 is 0.854 bits per heavy atom. The van der Waals surface area contributed by atoms with Crippen molar-refractivity contribution >= 4 is 50.7 Å². The molecule has 0 aromatic heterocycles. The first-order valence-corrected chi connectivity index (χ1v) is 17.5. The largest absolute Gasteiger partial charge is 0.493 e. The van der Waals surface area contributed by atoms with Gasteiger partial charge in [-0.1, -0.05) is 65.7 Å². The topological polar surface area (TPSA) is 105 Å². The Morgan fingerprint density at radius 3 is 2.12 bits per heavy atom. The van der Waals surface area contributed by atoms with E-state index >= 15 is 0 Å². The zero-order valence-electron chi connectivity index (χ0n) is 27.5. The highest BCUT2D eigenvalue weighted by molar-refractivity contribution is 7.92. The maximum absolute atomic E-state index is 14.6. The molecule has 0 fully saturated rings. The van der Waals surface area contributed by atoms with Gasteiger partial charge in [-0.15, -0.1) is 0 Å². The van der Waals surface area contributed by atoms with E-state index < -0.39 is 28.5 Å². The SMILES string of the molecule is CCNC(=O)[C@H](Cc1ccccc1)N(Cc1ccc(Cl)cc1Cl)C(=O)CN(c1cc(C)cc(C)c1)S(=O)(=O)c1ccc(OC)c(OC)c1. The van der Waals surface area contributed by atoms with Gasteiger partial charge in [0.2, 0.25) is 11.8 Å². The van der Waals surface area contributed by atoms with Crippen LogP contribution in [0, 0.1) is 13.8 Å². The van der Waals surface area contributed by atoms with Crippen molar-refractivity contribution in [2.45, 2.75) is 44.7 Å². The summed E-state index contributed by atoms with van der Waals surface area (Å²) in [5.41, 5.74) is 3.26. The van der Waals surface area contributed by atoms with E-state index in [1.807, 2.05) is 50.2 Å². The molecule has 0 aliphatic rings. The van der Waals surface area contributed by atoms with Crippen LogP contribution in [0.5, 0.6) is 11.5 Å². The molecule has 9 nitrogen and oxygen atoms in total. The summed E-state index contributed by atoms with van der Waals surface area (Å²) < 4.78 is 40.7. The number of anilines is 1. The summed E-state index contributed by atoms with van der Waals surface area (Å²) in [4.78, 5) is 29.6. The normalized spacial score (nSPS) is 11.8. The number of hydrogen-bond acceptors (Lipinski definition) is 6. The monoisotopic (exact) mass is 711 g/mol. The minimum absolute atomic E-state index is 0.0828. The molecule has 4 aromatic rings. The number of aryl methyl sites for hydroxylation is 2. The number of sulfonamides is 1. The number of nitrogens with zero attached hydrogens (tertiary/aromatic N) is 2. The van der Waals surface area contributed by atoms with E-state index in [2.05, 4.69) is 5.32 Å². The number of carbonyl (C=O) groups excluding carboxylic acids is 2. The summed E-state index contributed by atoms with van der Waals surface area (Å²) in [7, 11) is -1.51. The lowest BCUT2D eigenvalue weighted by Crippen LogP contribution is -2.53. The van der Waals surface area contributed by atoms with Gasteiger partial charge in [0.1, 0.15) is 12.6 Å². The van der Waals surface area contributed by atoms with Crippen molar-refractivity contribution in [1.29, 1.82) is 0 Å². The number of rotatable bonds is 14. The van der Waals surface area contributed by atoms with E-state index in [0.29, 0.717) is 27.9 Å². The summed E-state index contributed by atoms with van der Waals surface area (Å²) in [6.07, 6.45) is 0.176. The summed E-state index contributed by atoms with van der Waals surface area (Å²) in [5.74, 6) is -0.442. The van der Waals surface area contributed by atoms with Gasteiger partial charge >= 0.3 is 0 Å².